The molecule has 1 atom stereocenters. The lowest BCUT2D eigenvalue weighted by Crippen LogP contribution is -2.19. The minimum Gasteiger partial charge on any atom is -0.481 e. The number of hydrogen-bond donors (Lipinski definition) is 1. The predicted molar refractivity (Wildman–Crippen MR) is 139 cm³/mol. The van der Waals surface area contributed by atoms with Gasteiger partial charge in [0.25, 0.3) is 0 Å². The molecule has 0 fully saturated rings. The third-order valence-corrected chi connectivity index (χ3v) is 6.19. The molecule has 192 valence electrons. The zero-order valence-electron chi connectivity index (χ0n) is 21.5. The highest BCUT2D eigenvalue weighted by molar-refractivity contribution is 5.78. The van der Waals surface area contributed by atoms with E-state index in [-0.39, 0.29) is 13.0 Å². The van der Waals surface area contributed by atoms with E-state index in [1.54, 1.807) is 0 Å². The largest absolute Gasteiger partial charge is 0.481 e. The fourth-order valence-electron chi connectivity index (χ4n) is 4.07. The van der Waals surface area contributed by atoms with Crippen molar-refractivity contribution in [3.63, 3.8) is 0 Å². The Labute approximate surface area is 204 Å². The normalized spacial score (nSPS) is 12.2. The second-order valence-corrected chi connectivity index (χ2v) is 9.35. The zero-order chi connectivity index (χ0) is 24.4. The predicted octanol–water partition coefficient (Wildman–Crippen LogP) is 8.79. The summed E-state index contributed by atoms with van der Waals surface area (Å²) in [6.07, 6.45) is 29.7. The number of carbonyl (C=O) groups is 2. The van der Waals surface area contributed by atoms with Crippen LogP contribution in [0, 0.1) is 5.92 Å². The fraction of sp³-hybridized carbons (Fsp3) is 0.793. The van der Waals surface area contributed by atoms with Crippen LogP contribution in [0.15, 0.2) is 24.8 Å². The average molecular weight is 465 g/mol. The van der Waals surface area contributed by atoms with Crippen LogP contribution in [-0.4, -0.2) is 23.7 Å². The van der Waals surface area contributed by atoms with Gasteiger partial charge in [-0.05, 0) is 32.1 Å². The molecule has 33 heavy (non-hydrogen) atoms. The SMILES string of the molecule is C=CCOC(=O)CC(CCCCCCCCCC/C=C/CCCCCCCCCC)C(=O)O. The van der Waals surface area contributed by atoms with Gasteiger partial charge in [-0.25, -0.2) is 0 Å². The Morgan fingerprint density at radius 2 is 1.21 bits per heavy atom. The number of carbonyl (C=O) groups excluding carboxylic acids is 1. The molecular formula is C29H52O4. The van der Waals surface area contributed by atoms with E-state index in [1.165, 1.54) is 102 Å². The summed E-state index contributed by atoms with van der Waals surface area (Å²) in [5.41, 5.74) is 0. The molecular weight excluding hydrogens is 412 g/mol. The van der Waals surface area contributed by atoms with Gasteiger partial charge in [0.05, 0.1) is 12.3 Å². The van der Waals surface area contributed by atoms with Crippen LogP contribution in [0.25, 0.3) is 0 Å². The van der Waals surface area contributed by atoms with Gasteiger partial charge in [0.2, 0.25) is 0 Å². The molecule has 0 saturated heterocycles. The smallest absolute Gasteiger partial charge is 0.307 e. The van der Waals surface area contributed by atoms with Crippen molar-refractivity contribution in [1.29, 1.82) is 0 Å². The van der Waals surface area contributed by atoms with E-state index in [0.717, 1.165) is 19.3 Å². The maximum atomic E-state index is 11.6. The first-order valence-corrected chi connectivity index (χ1v) is 13.8. The van der Waals surface area contributed by atoms with Gasteiger partial charge in [0, 0.05) is 0 Å². The van der Waals surface area contributed by atoms with E-state index in [2.05, 4.69) is 25.7 Å². The molecule has 0 aromatic rings. The van der Waals surface area contributed by atoms with Gasteiger partial charge in [-0.3, -0.25) is 9.59 Å². The maximum Gasteiger partial charge on any atom is 0.307 e. The van der Waals surface area contributed by atoms with Crippen molar-refractivity contribution in [2.75, 3.05) is 6.61 Å². The van der Waals surface area contributed by atoms with E-state index >= 15 is 0 Å². The third-order valence-electron chi connectivity index (χ3n) is 6.19. The summed E-state index contributed by atoms with van der Waals surface area (Å²) in [6.45, 7) is 5.89. The van der Waals surface area contributed by atoms with Crippen molar-refractivity contribution < 1.29 is 19.4 Å². The first-order valence-electron chi connectivity index (χ1n) is 13.8. The molecule has 0 saturated carbocycles. The monoisotopic (exact) mass is 464 g/mol. The lowest BCUT2D eigenvalue weighted by atomic mass is 9.97. The van der Waals surface area contributed by atoms with E-state index < -0.39 is 17.9 Å². The number of carboxylic acids is 1. The highest BCUT2D eigenvalue weighted by Gasteiger charge is 2.21. The first kappa shape index (κ1) is 31.4. The molecule has 0 aliphatic rings. The van der Waals surface area contributed by atoms with Crippen LogP contribution >= 0.6 is 0 Å². The summed E-state index contributed by atoms with van der Waals surface area (Å²) in [7, 11) is 0. The lowest BCUT2D eigenvalue weighted by molar-refractivity contribution is -0.151. The van der Waals surface area contributed by atoms with Crippen molar-refractivity contribution in [3.8, 4) is 0 Å². The van der Waals surface area contributed by atoms with Crippen LogP contribution in [-0.2, 0) is 14.3 Å². The first-order chi connectivity index (χ1) is 16.1. The number of carboxylic acid groups (broad SMARTS) is 1. The Kier molecular flexibility index (Phi) is 23.9. The number of esters is 1. The molecule has 1 N–H and O–H groups in total. The summed E-state index contributed by atoms with van der Waals surface area (Å²) in [5.74, 6) is -1.99. The molecule has 4 heteroatoms. The van der Waals surface area contributed by atoms with Crippen molar-refractivity contribution in [2.45, 2.75) is 135 Å². The van der Waals surface area contributed by atoms with Crippen molar-refractivity contribution in [1.82, 2.24) is 0 Å². The summed E-state index contributed by atoms with van der Waals surface area (Å²) in [5, 5.41) is 9.27. The lowest BCUT2D eigenvalue weighted by Gasteiger charge is -2.11. The topological polar surface area (TPSA) is 63.6 Å². The number of allylic oxidation sites excluding steroid dienone is 2. The van der Waals surface area contributed by atoms with Crippen molar-refractivity contribution >= 4 is 11.9 Å². The molecule has 0 aliphatic heterocycles. The minimum absolute atomic E-state index is 0.0449. The van der Waals surface area contributed by atoms with E-state index in [0.29, 0.717) is 6.42 Å². The van der Waals surface area contributed by atoms with Crippen molar-refractivity contribution in [3.05, 3.63) is 24.8 Å². The molecule has 0 amide bonds. The number of ether oxygens (including phenoxy) is 1. The van der Waals surface area contributed by atoms with Gasteiger partial charge in [-0.15, -0.1) is 0 Å². The van der Waals surface area contributed by atoms with Gasteiger partial charge in [-0.2, -0.15) is 0 Å². The molecule has 4 nitrogen and oxygen atoms in total. The third kappa shape index (κ3) is 23.4. The van der Waals surface area contributed by atoms with Crippen LogP contribution in [0.2, 0.25) is 0 Å². The van der Waals surface area contributed by atoms with Gasteiger partial charge < -0.3 is 9.84 Å². The summed E-state index contributed by atoms with van der Waals surface area (Å²) >= 11 is 0. The van der Waals surface area contributed by atoms with Gasteiger partial charge >= 0.3 is 11.9 Å². The Morgan fingerprint density at radius 1 is 0.758 bits per heavy atom. The molecule has 1 unspecified atom stereocenters. The van der Waals surface area contributed by atoms with E-state index in [4.69, 9.17) is 4.74 Å². The van der Waals surface area contributed by atoms with Gasteiger partial charge in [0.1, 0.15) is 6.61 Å². The Morgan fingerprint density at radius 3 is 1.67 bits per heavy atom. The molecule has 0 heterocycles. The second-order valence-electron chi connectivity index (χ2n) is 9.35. The number of rotatable bonds is 25. The minimum atomic E-state index is -0.905. The van der Waals surface area contributed by atoms with Crippen LogP contribution in [0.4, 0.5) is 0 Å². The van der Waals surface area contributed by atoms with Crippen LogP contribution in [0.3, 0.4) is 0 Å². The van der Waals surface area contributed by atoms with Crippen LogP contribution in [0.1, 0.15) is 135 Å². The molecule has 0 aromatic carbocycles. The average Bonchev–Trinajstić information content (AvgIpc) is 2.80. The van der Waals surface area contributed by atoms with Crippen molar-refractivity contribution in [2.24, 2.45) is 5.92 Å². The van der Waals surface area contributed by atoms with Gasteiger partial charge in [0.15, 0.2) is 0 Å². The standard InChI is InChI=1S/C29H52O4/c1-3-5-6-7-8-9-10-11-12-13-14-15-16-17-18-19-20-21-22-23-24-27(29(31)32)26-28(30)33-25-4-2/h4,13-14,27H,2-3,5-12,15-26H2,1H3,(H,31,32)/b14-13+. The summed E-state index contributed by atoms with van der Waals surface area (Å²) in [6, 6.07) is 0. The Hall–Kier alpha value is -1.58. The maximum absolute atomic E-state index is 11.6. The molecule has 0 rings (SSSR count). The van der Waals surface area contributed by atoms with E-state index in [9.17, 15) is 14.7 Å². The highest BCUT2D eigenvalue weighted by Crippen LogP contribution is 2.17. The van der Waals surface area contributed by atoms with E-state index in [1.807, 2.05) is 0 Å². The van der Waals surface area contributed by atoms with Crippen LogP contribution < -0.4 is 0 Å². The Balaban J connectivity index is 3.43. The Bertz CT molecular complexity index is 498. The molecule has 0 bridgehead atoms. The fourth-order valence-corrected chi connectivity index (χ4v) is 4.07. The molecule has 0 aromatic heterocycles. The highest BCUT2D eigenvalue weighted by atomic mass is 16.5. The number of aliphatic carboxylic acids is 1. The number of hydrogen-bond acceptors (Lipinski definition) is 3. The summed E-state index contributed by atoms with van der Waals surface area (Å²) < 4.78 is 4.89. The van der Waals surface area contributed by atoms with Gasteiger partial charge in [-0.1, -0.05) is 122 Å². The number of unbranched alkanes of at least 4 members (excludes halogenated alkanes) is 16. The second kappa shape index (κ2) is 25.1. The molecule has 0 spiro atoms. The zero-order valence-corrected chi connectivity index (χ0v) is 21.5. The summed E-state index contributed by atoms with van der Waals surface area (Å²) in [4.78, 5) is 22.9. The quantitative estimate of drug-likeness (QED) is 0.0832. The van der Waals surface area contributed by atoms with Crippen LogP contribution in [0.5, 0.6) is 0 Å². The molecule has 0 radical (unpaired) electrons. The molecule has 0 aliphatic carbocycles.